The van der Waals surface area contributed by atoms with Crippen LogP contribution in [-0.2, 0) is 5.41 Å². The van der Waals surface area contributed by atoms with Gasteiger partial charge >= 0.3 is 0 Å². The van der Waals surface area contributed by atoms with Crippen molar-refractivity contribution in [2.75, 3.05) is 0 Å². The van der Waals surface area contributed by atoms with Gasteiger partial charge in [-0.1, -0.05) is 127 Å². The minimum Gasteiger partial charge on any atom is -0.256 e. The van der Waals surface area contributed by atoms with Gasteiger partial charge in [0.1, 0.15) is 0 Å². The van der Waals surface area contributed by atoms with Gasteiger partial charge in [0.05, 0.1) is 10.9 Å². The van der Waals surface area contributed by atoms with Crippen LogP contribution in [-0.4, -0.2) is 4.98 Å². The van der Waals surface area contributed by atoms with Crippen molar-refractivity contribution in [3.63, 3.8) is 0 Å². The van der Waals surface area contributed by atoms with Crippen LogP contribution in [0.4, 0.5) is 0 Å². The smallest absolute Gasteiger partial charge is 0.0725 e. The minimum atomic E-state index is -0.379. The second-order valence-corrected chi connectivity index (χ2v) is 12.3. The fourth-order valence-corrected chi connectivity index (χ4v) is 8.25. The fourth-order valence-electron chi connectivity index (χ4n) is 8.25. The van der Waals surface area contributed by atoms with Crippen LogP contribution in [0, 0.1) is 0 Å². The molecule has 1 spiro atoms. The van der Waals surface area contributed by atoms with E-state index in [-0.39, 0.29) is 5.41 Å². The van der Waals surface area contributed by atoms with E-state index >= 15 is 0 Å². The molecule has 1 atom stereocenters. The van der Waals surface area contributed by atoms with Gasteiger partial charge in [-0.05, 0) is 108 Å². The number of aromatic nitrogens is 1. The average Bonchev–Trinajstić information content (AvgIpc) is 3.40. The standard InChI is InChI=1S/C44H27N/c1-3-17-38-34(14-1)36-16-6-9-28-10-7-19-41(43(28)36)44(38)39-18-4-2-15-35(39)37-27-32(20-22-40(37)44)30-12-5-11-29(25-30)31-21-23-42-33(26-31)13-8-24-45-42/h1-27H. The molecule has 0 bridgehead atoms. The second-order valence-electron chi connectivity index (χ2n) is 12.3. The van der Waals surface area contributed by atoms with Gasteiger partial charge in [0.15, 0.2) is 0 Å². The third-order valence-electron chi connectivity index (χ3n) is 10.1. The molecule has 0 radical (unpaired) electrons. The largest absolute Gasteiger partial charge is 0.256 e. The predicted molar refractivity (Wildman–Crippen MR) is 186 cm³/mol. The molecule has 0 aliphatic heterocycles. The summed E-state index contributed by atoms with van der Waals surface area (Å²) in [6.45, 7) is 0. The molecule has 1 nitrogen and oxygen atoms in total. The van der Waals surface area contributed by atoms with E-state index in [9.17, 15) is 0 Å². The summed E-state index contributed by atoms with van der Waals surface area (Å²) < 4.78 is 0. The summed E-state index contributed by atoms with van der Waals surface area (Å²) in [5, 5.41) is 3.82. The van der Waals surface area contributed by atoms with Crippen molar-refractivity contribution in [1.82, 2.24) is 4.98 Å². The van der Waals surface area contributed by atoms with Gasteiger partial charge in [0.2, 0.25) is 0 Å². The van der Waals surface area contributed by atoms with Crippen LogP contribution in [0.25, 0.3) is 66.2 Å². The summed E-state index contributed by atoms with van der Waals surface area (Å²) in [4.78, 5) is 4.51. The molecule has 1 heterocycles. The van der Waals surface area contributed by atoms with Gasteiger partial charge < -0.3 is 0 Å². The maximum atomic E-state index is 4.51. The number of benzene rings is 7. The summed E-state index contributed by atoms with van der Waals surface area (Å²) in [5.41, 5.74) is 16.3. The van der Waals surface area contributed by atoms with Crippen molar-refractivity contribution in [2.45, 2.75) is 5.41 Å². The fraction of sp³-hybridized carbons (Fsp3) is 0.0227. The van der Waals surface area contributed by atoms with Crippen LogP contribution in [0.1, 0.15) is 22.3 Å². The van der Waals surface area contributed by atoms with E-state index in [1.54, 1.807) is 0 Å². The molecule has 2 aliphatic rings. The van der Waals surface area contributed by atoms with Crippen LogP contribution in [0.15, 0.2) is 164 Å². The summed E-state index contributed by atoms with van der Waals surface area (Å²) in [6.07, 6.45) is 1.85. The van der Waals surface area contributed by atoms with Gasteiger partial charge in [-0.15, -0.1) is 0 Å². The van der Waals surface area contributed by atoms with Crippen molar-refractivity contribution in [3.8, 4) is 44.5 Å². The van der Waals surface area contributed by atoms with Crippen molar-refractivity contribution in [2.24, 2.45) is 0 Å². The molecule has 0 amide bonds. The molecule has 45 heavy (non-hydrogen) atoms. The predicted octanol–water partition coefficient (Wildman–Crippen LogP) is 11.1. The van der Waals surface area contributed by atoms with Gasteiger partial charge in [-0.25, -0.2) is 0 Å². The lowest BCUT2D eigenvalue weighted by atomic mass is 9.61. The topological polar surface area (TPSA) is 12.9 Å². The Balaban J connectivity index is 1.21. The summed E-state index contributed by atoms with van der Waals surface area (Å²) in [5.74, 6) is 0. The van der Waals surface area contributed by atoms with Gasteiger partial charge in [-0.3, -0.25) is 4.98 Å². The Labute approximate surface area is 262 Å². The molecule has 208 valence electrons. The van der Waals surface area contributed by atoms with E-state index in [0.29, 0.717) is 0 Å². The Kier molecular flexibility index (Phi) is 4.99. The Morgan fingerprint density at radius 2 is 0.933 bits per heavy atom. The Bertz CT molecular complexity index is 2500. The summed E-state index contributed by atoms with van der Waals surface area (Å²) in [6, 6.07) is 58.5. The molecule has 0 fully saturated rings. The molecule has 1 heteroatoms. The van der Waals surface area contributed by atoms with Crippen LogP contribution in [0.3, 0.4) is 0 Å². The van der Waals surface area contributed by atoms with Gasteiger partial charge in [-0.2, -0.15) is 0 Å². The molecule has 0 saturated carbocycles. The Morgan fingerprint density at radius 1 is 0.356 bits per heavy atom. The monoisotopic (exact) mass is 569 g/mol. The number of nitrogens with zero attached hydrogens (tertiary/aromatic N) is 1. The first-order valence-corrected chi connectivity index (χ1v) is 15.6. The molecule has 10 rings (SSSR count). The highest BCUT2D eigenvalue weighted by Crippen LogP contribution is 2.62. The van der Waals surface area contributed by atoms with Crippen molar-refractivity contribution in [3.05, 3.63) is 186 Å². The lowest BCUT2D eigenvalue weighted by Gasteiger charge is -2.40. The third-order valence-corrected chi connectivity index (χ3v) is 10.1. The lowest BCUT2D eigenvalue weighted by Crippen LogP contribution is -2.31. The van der Waals surface area contributed by atoms with E-state index in [4.69, 9.17) is 0 Å². The quantitative estimate of drug-likeness (QED) is 0.202. The zero-order chi connectivity index (χ0) is 29.5. The molecule has 7 aromatic carbocycles. The molecule has 1 unspecified atom stereocenters. The second kappa shape index (κ2) is 9.11. The number of rotatable bonds is 2. The van der Waals surface area contributed by atoms with E-state index in [0.717, 1.165) is 10.9 Å². The summed E-state index contributed by atoms with van der Waals surface area (Å²) >= 11 is 0. The zero-order valence-electron chi connectivity index (χ0n) is 24.5. The SMILES string of the molecule is c1cc(-c2ccc3c(c2)-c2ccccc2C32c3ccccc3-c3cccc4cccc2c34)cc(-c2ccc3ncccc3c2)c1. The van der Waals surface area contributed by atoms with Gasteiger partial charge in [0, 0.05) is 11.6 Å². The van der Waals surface area contributed by atoms with E-state index < -0.39 is 0 Å². The normalized spacial score (nSPS) is 15.6. The highest BCUT2D eigenvalue weighted by molar-refractivity contribution is 6.07. The Morgan fingerprint density at radius 3 is 1.76 bits per heavy atom. The molecule has 2 aliphatic carbocycles. The molecule has 1 aromatic heterocycles. The number of hydrogen-bond acceptors (Lipinski definition) is 1. The Hall–Kier alpha value is -5.79. The van der Waals surface area contributed by atoms with Crippen LogP contribution < -0.4 is 0 Å². The highest BCUT2D eigenvalue weighted by atomic mass is 14.6. The molecule has 8 aromatic rings. The highest BCUT2D eigenvalue weighted by Gasteiger charge is 2.49. The molecule has 0 N–H and O–H groups in total. The molecular weight excluding hydrogens is 542 g/mol. The first-order valence-electron chi connectivity index (χ1n) is 15.6. The molecule has 0 saturated heterocycles. The zero-order valence-corrected chi connectivity index (χ0v) is 24.5. The number of hydrogen-bond donors (Lipinski definition) is 0. The number of pyridine rings is 1. The van der Waals surface area contributed by atoms with Crippen LogP contribution >= 0.6 is 0 Å². The van der Waals surface area contributed by atoms with Crippen molar-refractivity contribution >= 4 is 21.7 Å². The minimum absolute atomic E-state index is 0.379. The van der Waals surface area contributed by atoms with E-state index in [2.05, 4.69) is 157 Å². The van der Waals surface area contributed by atoms with Crippen molar-refractivity contribution in [1.29, 1.82) is 0 Å². The lowest BCUT2D eigenvalue weighted by molar-refractivity contribution is 0.773. The summed E-state index contributed by atoms with van der Waals surface area (Å²) in [7, 11) is 0. The first kappa shape index (κ1) is 24.6. The van der Waals surface area contributed by atoms with Gasteiger partial charge in [0.25, 0.3) is 0 Å². The van der Waals surface area contributed by atoms with E-state index in [1.807, 2.05) is 12.3 Å². The maximum absolute atomic E-state index is 4.51. The maximum Gasteiger partial charge on any atom is 0.0725 e. The first-order chi connectivity index (χ1) is 22.3. The van der Waals surface area contributed by atoms with E-state index in [1.165, 1.54) is 77.5 Å². The van der Waals surface area contributed by atoms with Crippen LogP contribution in [0.2, 0.25) is 0 Å². The average molecular weight is 570 g/mol. The van der Waals surface area contributed by atoms with Crippen molar-refractivity contribution < 1.29 is 0 Å². The third kappa shape index (κ3) is 3.30. The number of fused-ring (bicyclic) bond motifs is 10. The molecular formula is C44H27N. The van der Waals surface area contributed by atoms with Crippen LogP contribution in [0.5, 0.6) is 0 Å².